The maximum Gasteiger partial charge on any atom is 0.311 e. The van der Waals surface area contributed by atoms with Crippen molar-refractivity contribution in [3.8, 4) is 5.75 Å². The summed E-state index contributed by atoms with van der Waals surface area (Å²) in [5, 5.41) is 10.9. The van der Waals surface area contributed by atoms with E-state index < -0.39 is 4.92 Å². The Morgan fingerprint density at radius 2 is 2.19 bits per heavy atom. The minimum Gasteiger partial charge on any atom is -0.487 e. The summed E-state index contributed by atoms with van der Waals surface area (Å²) in [7, 11) is 0. The lowest BCUT2D eigenvalue weighted by Gasteiger charge is -2.06. The quantitative estimate of drug-likeness (QED) is 0.463. The monoisotopic (exact) mass is 243 g/mol. The van der Waals surface area contributed by atoms with Gasteiger partial charge in [0.05, 0.1) is 16.6 Å². The number of halogens is 1. The Bertz CT molecular complexity index is 445. The fourth-order valence-corrected chi connectivity index (χ4v) is 1.51. The maximum atomic E-state index is 11.2. The number of carbonyl (C=O) groups excluding carboxylic acids is 1. The molecule has 0 aliphatic heterocycles. The van der Waals surface area contributed by atoms with Crippen LogP contribution in [0.4, 0.5) is 5.69 Å². The van der Waals surface area contributed by atoms with Gasteiger partial charge in [0.2, 0.25) is 0 Å². The average molecular weight is 244 g/mol. The van der Waals surface area contributed by atoms with Crippen LogP contribution in [0.1, 0.15) is 24.2 Å². The molecule has 0 aliphatic rings. The summed E-state index contributed by atoms with van der Waals surface area (Å²) in [5.74, 6) is -0.251. The molecule has 0 atom stereocenters. The summed E-state index contributed by atoms with van der Waals surface area (Å²) in [5.41, 5.74) is -0.131. The topological polar surface area (TPSA) is 69.4 Å². The normalized spacial score (nSPS) is 9.94. The molecule has 5 nitrogen and oxygen atoms in total. The Morgan fingerprint density at radius 1 is 1.56 bits per heavy atom. The standard InChI is InChI=1S/C10H10ClNO4/c1-3-16-10-5-8(11)7(6(2)13)4-9(10)12(14)15/h4-5H,3H2,1-2H3. The van der Waals surface area contributed by atoms with E-state index in [1.54, 1.807) is 6.92 Å². The van der Waals surface area contributed by atoms with E-state index in [1.165, 1.54) is 13.0 Å². The predicted octanol–water partition coefficient (Wildman–Crippen LogP) is 2.85. The van der Waals surface area contributed by atoms with Crippen molar-refractivity contribution in [1.82, 2.24) is 0 Å². The van der Waals surface area contributed by atoms with Crippen molar-refractivity contribution in [2.45, 2.75) is 13.8 Å². The number of hydrogen-bond acceptors (Lipinski definition) is 4. The first-order valence-electron chi connectivity index (χ1n) is 4.59. The second-order valence-electron chi connectivity index (χ2n) is 3.05. The van der Waals surface area contributed by atoms with Gasteiger partial charge < -0.3 is 4.74 Å². The van der Waals surface area contributed by atoms with E-state index in [1.807, 2.05) is 0 Å². The average Bonchev–Trinajstić information content (AvgIpc) is 2.17. The third-order valence-corrected chi connectivity index (χ3v) is 2.24. The molecule has 0 bridgehead atoms. The van der Waals surface area contributed by atoms with Crippen LogP contribution in [0.2, 0.25) is 5.02 Å². The minimum absolute atomic E-state index is 0.0718. The van der Waals surface area contributed by atoms with Crippen LogP contribution in [0.5, 0.6) is 5.75 Å². The molecule has 0 amide bonds. The van der Waals surface area contributed by atoms with Crippen LogP contribution in [0.15, 0.2) is 12.1 Å². The largest absolute Gasteiger partial charge is 0.487 e. The van der Waals surface area contributed by atoms with Crippen LogP contribution in [-0.2, 0) is 0 Å². The van der Waals surface area contributed by atoms with Gasteiger partial charge in [-0.15, -0.1) is 0 Å². The van der Waals surface area contributed by atoms with Crippen molar-refractivity contribution in [3.05, 3.63) is 32.8 Å². The summed E-state index contributed by atoms with van der Waals surface area (Å²) < 4.78 is 5.08. The second kappa shape index (κ2) is 4.94. The van der Waals surface area contributed by atoms with Crippen LogP contribution in [0.25, 0.3) is 0 Å². The van der Waals surface area contributed by atoms with Crippen LogP contribution < -0.4 is 4.74 Å². The minimum atomic E-state index is -0.603. The number of ketones is 1. The lowest BCUT2D eigenvalue weighted by Crippen LogP contribution is -2.01. The summed E-state index contributed by atoms with van der Waals surface area (Å²) >= 11 is 5.81. The highest BCUT2D eigenvalue weighted by Gasteiger charge is 2.20. The van der Waals surface area contributed by atoms with E-state index in [0.717, 1.165) is 6.07 Å². The first kappa shape index (κ1) is 12.4. The molecule has 0 aliphatic carbocycles. The summed E-state index contributed by atoms with van der Waals surface area (Å²) in [6.45, 7) is 3.29. The highest BCUT2D eigenvalue weighted by Crippen LogP contribution is 2.33. The predicted molar refractivity (Wildman–Crippen MR) is 59.3 cm³/mol. The van der Waals surface area contributed by atoms with Gasteiger partial charge in [0, 0.05) is 17.7 Å². The van der Waals surface area contributed by atoms with E-state index in [9.17, 15) is 14.9 Å². The van der Waals surface area contributed by atoms with Crippen molar-refractivity contribution in [2.75, 3.05) is 6.61 Å². The molecule has 0 radical (unpaired) electrons. The van der Waals surface area contributed by atoms with Gasteiger partial charge in [-0.2, -0.15) is 0 Å². The molecule has 1 aromatic rings. The molecular formula is C10H10ClNO4. The van der Waals surface area contributed by atoms with Crippen molar-refractivity contribution in [1.29, 1.82) is 0 Å². The molecule has 1 rings (SSSR count). The molecule has 0 fully saturated rings. The summed E-state index contributed by atoms with van der Waals surface area (Å²) in [4.78, 5) is 21.3. The molecular weight excluding hydrogens is 234 g/mol. The number of hydrogen-bond donors (Lipinski definition) is 0. The molecule has 0 saturated carbocycles. The Labute approximate surface area is 97.1 Å². The number of carbonyl (C=O) groups is 1. The van der Waals surface area contributed by atoms with Gasteiger partial charge in [0.15, 0.2) is 11.5 Å². The van der Waals surface area contributed by atoms with Crippen LogP contribution in [0, 0.1) is 10.1 Å². The molecule has 0 saturated heterocycles. The molecule has 86 valence electrons. The number of benzene rings is 1. The first-order valence-corrected chi connectivity index (χ1v) is 4.96. The molecule has 16 heavy (non-hydrogen) atoms. The molecule has 0 N–H and O–H groups in total. The Hall–Kier alpha value is -1.62. The second-order valence-corrected chi connectivity index (χ2v) is 3.45. The molecule has 1 aromatic carbocycles. The van der Waals surface area contributed by atoms with Gasteiger partial charge in [-0.3, -0.25) is 14.9 Å². The molecule has 0 aromatic heterocycles. The molecule has 6 heteroatoms. The van der Waals surface area contributed by atoms with Crippen LogP contribution in [-0.4, -0.2) is 17.3 Å². The van der Waals surface area contributed by atoms with E-state index in [0.29, 0.717) is 0 Å². The Kier molecular flexibility index (Phi) is 3.84. The lowest BCUT2D eigenvalue weighted by atomic mass is 10.1. The Morgan fingerprint density at radius 3 is 2.62 bits per heavy atom. The number of Topliss-reactive ketones (excluding diaryl/α,β-unsaturated/α-hetero) is 1. The number of rotatable bonds is 4. The number of nitrogens with zero attached hydrogens (tertiary/aromatic N) is 1. The van der Waals surface area contributed by atoms with Gasteiger partial charge in [0.1, 0.15) is 0 Å². The third kappa shape index (κ3) is 2.49. The van der Waals surface area contributed by atoms with E-state index in [2.05, 4.69) is 0 Å². The number of ether oxygens (including phenoxy) is 1. The van der Waals surface area contributed by atoms with Crippen molar-refractivity contribution >= 4 is 23.1 Å². The van der Waals surface area contributed by atoms with Crippen LogP contribution >= 0.6 is 11.6 Å². The van der Waals surface area contributed by atoms with Gasteiger partial charge >= 0.3 is 5.69 Å². The number of nitro benzene ring substituents is 1. The number of nitro groups is 1. The fourth-order valence-electron chi connectivity index (χ4n) is 1.23. The highest BCUT2D eigenvalue weighted by atomic mass is 35.5. The summed E-state index contributed by atoms with van der Waals surface area (Å²) in [6, 6.07) is 2.43. The molecule has 0 spiro atoms. The zero-order valence-electron chi connectivity index (χ0n) is 8.82. The lowest BCUT2D eigenvalue weighted by molar-refractivity contribution is -0.385. The van der Waals surface area contributed by atoms with Crippen LogP contribution in [0.3, 0.4) is 0 Å². The Balaban J connectivity index is 3.36. The van der Waals surface area contributed by atoms with E-state index in [-0.39, 0.29) is 34.4 Å². The SMILES string of the molecule is CCOc1cc(Cl)c(C(C)=O)cc1[N+](=O)[O-]. The van der Waals surface area contributed by atoms with Crippen molar-refractivity contribution in [2.24, 2.45) is 0 Å². The fraction of sp³-hybridized carbons (Fsp3) is 0.300. The summed E-state index contributed by atoms with van der Waals surface area (Å²) in [6.07, 6.45) is 0. The van der Waals surface area contributed by atoms with Crippen molar-refractivity contribution < 1.29 is 14.5 Å². The highest BCUT2D eigenvalue weighted by molar-refractivity contribution is 6.34. The van der Waals surface area contributed by atoms with E-state index in [4.69, 9.17) is 16.3 Å². The maximum absolute atomic E-state index is 11.2. The molecule has 0 unspecified atom stereocenters. The van der Waals surface area contributed by atoms with E-state index >= 15 is 0 Å². The molecule has 0 heterocycles. The van der Waals surface area contributed by atoms with Gasteiger partial charge in [-0.05, 0) is 13.8 Å². The first-order chi connectivity index (χ1) is 7.47. The van der Waals surface area contributed by atoms with Gasteiger partial charge in [-0.1, -0.05) is 11.6 Å². The zero-order valence-corrected chi connectivity index (χ0v) is 9.58. The third-order valence-electron chi connectivity index (χ3n) is 1.92. The van der Waals surface area contributed by atoms with Gasteiger partial charge in [-0.25, -0.2) is 0 Å². The zero-order chi connectivity index (χ0) is 12.3. The van der Waals surface area contributed by atoms with Gasteiger partial charge in [0.25, 0.3) is 0 Å². The van der Waals surface area contributed by atoms with Crippen molar-refractivity contribution in [3.63, 3.8) is 0 Å². The smallest absolute Gasteiger partial charge is 0.311 e.